The zero-order valence-electron chi connectivity index (χ0n) is 7.90. The van der Waals surface area contributed by atoms with Gasteiger partial charge in [0.1, 0.15) is 0 Å². The van der Waals surface area contributed by atoms with Gasteiger partial charge in [0.25, 0.3) is 0 Å². The minimum absolute atomic E-state index is 0.0742. The number of esters is 1. The molecule has 1 aliphatic rings. The van der Waals surface area contributed by atoms with Gasteiger partial charge in [0.2, 0.25) is 0 Å². The average Bonchev–Trinajstić information content (AvgIpc) is 2.84. The molecule has 1 N–H and O–H groups in total. The molecule has 0 aliphatic heterocycles. The SMILES string of the molecule is C=CCC(O)[C@@H]1C[C@H]1C(=O)OCC. The third-order valence-electron chi connectivity index (χ3n) is 2.33. The number of rotatable bonds is 5. The highest BCUT2D eigenvalue weighted by molar-refractivity contribution is 5.75. The van der Waals surface area contributed by atoms with Crippen molar-refractivity contribution >= 4 is 5.97 Å². The van der Waals surface area contributed by atoms with Gasteiger partial charge in [0.05, 0.1) is 18.6 Å². The zero-order valence-corrected chi connectivity index (χ0v) is 7.90. The molecule has 0 radical (unpaired) electrons. The second kappa shape index (κ2) is 4.42. The van der Waals surface area contributed by atoms with Crippen LogP contribution in [0, 0.1) is 11.8 Å². The van der Waals surface area contributed by atoms with Gasteiger partial charge in [-0.15, -0.1) is 6.58 Å². The monoisotopic (exact) mass is 184 g/mol. The molecule has 1 fully saturated rings. The van der Waals surface area contributed by atoms with Crippen LogP contribution < -0.4 is 0 Å². The van der Waals surface area contributed by atoms with E-state index in [0.29, 0.717) is 13.0 Å². The van der Waals surface area contributed by atoms with Crippen molar-refractivity contribution in [1.82, 2.24) is 0 Å². The Morgan fingerprint density at radius 3 is 3.08 bits per heavy atom. The molecule has 0 amide bonds. The van der Waals surface area contributed by atoms with Crippen LogP contribution in [0.1, 0.15) is 19.8 Å². The van der Waals surface area contributed by atoms with Gasteiger partial charge in [0.15, 0.2) is 0 Å². The predicted molar refractivity (Wildman–Crippen MR) is 49.1 cm³/mol. The van der Waals surface area contributed by atoms with E-state index < -0.39 is 6.10 Å². The summed E-state index contributed by atoms with van der Waals surface area (Å²) >= 11 is 0. The van der Waals surface area contributed by atoms with E-state index in [9.17, 15) is 9.90 Å². The fourth-order valence-electron chi connectivity index (χ4n) is 1.51. The Morgan fingerprint density at radius 2 is 2.54 bits per heavy atom. The molecular formula is C10H16O3. The van der Waals surface area contributed by atoms with Gasteiger partial charge < -0.3 is 9.84 Å². The maximum absolute atomic E-state index is 11.2. The van der Waals surface area contributed by atoms with Crippen molar-refractivity contribution in [2.75, 3.05) is 6.61 Å². The first-order valence-electron chi connectivity index (χ1n) is 4.66. The predicted octanol–water partition coefficient (Wildman–Crippen LogP) is 1.12. The summed E-state index contributed by atoms with van der Waals surface area (Å²) in [7, 11) is 0. The van der Waals surface area contributed by atoms with Gasteiger partial charge in [-0.3, -0.25) is 4.79 Å². The third-order valence-corrected chi connectivity index (χ3v) is 2.33. The van der Waals surface area contributed by atoms with Crippen LogP contribution in [0.3, 0.4) is 0 Å². The fourth-order valence-corrected chi connectivity index (χ4v) is 1.51. The Hall–Kier alpha value is -0.830. The first-order chi connectivity index (χ1) is 6.20. The topological polar surface area (TPSA) is 46.5 Å². The number of carbonyl (C=O) groups is 1. The summed E-state index contributed by atoms with van der Waals surface area (Å²) in [5.41, 5.74) is 0. The quantitative estimate of drug-likeness (QED) is 0.514. The number of hydrogen-bond donors (Lipinski definition) is 1. The van der Waals surface area contributed by atoms with Gasteiger partial charge in [-0.2, -0.15) is 0 Å². The van der Waals surface area contributed by atoms with E-state index in [4.69, 9.17) is 4.74 Å². The zero-order chi connectivity index (χ0) is 9.84. The van der Waals surface area contributed by atoms with Crippen molar-refractivity contribution < 1.29 is 14.6 Å². The molecule has 0 saturated heterocycles. The van der Waals surface area contributed by atoms with Crippen molar-refractivity contribution in [1.29, 1.82) is 0 Å². The van der Waals surface area contributed by atoms with Crippen molar-refractivity contribution in [3.8, 4) is 0 Å². The Labute approximate surface area is 78.4 Å². The van der Waals surface area contributed by atoms with Crippen LogP contribution in [0.2, 0.25) is 0 Å². The molecule has 74 valence electrons. The normalized spacial score (nSPS) is 27.8. The van der Waals surface area contributed by atoms with E-state index in [-0.39, 0.29) is 17.8 Å². The molecule has 3 heteroatoms. The van der Waals surface area contributed by atoms with Crippen LogP contribution in [0.25, 0.3) is 0 Å². The largest absolute Gasteiger partial charge is 0.466 e. The maximum Gasteiger partial charge on any atom is 0.309 e. The van der Waals surface area contributed by atoms with Crippen molar-refractivity contribution in [3.05, 3.63) is 12.7 Å². The molecule has 0 spiro atoms. The molecule has 1 aliphatic carbocycles. The third kappa shape index (κ3) is 2.56. The average molecular weight is 184 g/mol. The summed E-state index contributed by atoms with van der Waals surface area (Å²) < 4.78 is 4.85. The van der Waals surface area contributed by atoms with Gasteiger partial charge in [-0.25, -0.2) is 0 Å². The Morgan fingerprint density at radius 1 is 1.85 bits per heavy atom. The number of hydrogen-bond acceptors (Lipinski definition) is 3. The van der Waals surface area contributed by atoms with Gasteiger partial charge in [-0.05, 0) is 25.7 Å². The molecule has 3 nitrogen and oxygen atoms in total. The molecule has 0 aromatic heterocycles. The Bertz CT molecular complexity index is 200. The van der Waals surface area contributed by atoms with Crippen molar-refractivity contribution in [2.45, 2.75) is 25.9 Å². The van der Waals surface area contributed by atoms with E-state index in [1.54, 1.807) is 13.0 Å². The second-order valence-corrected chi connectivity index (χ2v) is 3.35. The lowest BCUT2D eigenvalue weighted by Crippen LogP contribution is -2.14. The van der Waals surface area contributed by atoms with Gasteiger partial charge in [0, 0.05) is 0 Å². The Balaban J connectivity index is 2.28. The lowest BCUT2D eigenvalue weighted by molar-refractivity contribution is -0.145. The number of carbonyl (C=O) groups excluding carboxylic acids is 1. The first kappa shape index (κ1) is 10.3. The van der Waals surface area contributed by atoms with E-state index in [0.717, 1.165) is 6.42 Å². The van der Waals surface area contributed by atoms with Crippen LogP contribution in [0.4, 0.5) is 0 Å². The molecule has 3 atom stereocenters. The second-order valence-electron chi connectivity index (χ2n) is 3.35. The first-order valence-corrected chi connectivity index (χ1v) is 4.66. The lowest BCUT2D eigenvalue weighted by atomic mass is 10.1. The molecule has 1 unspecified atom stereocenters. The van der Waals surface area contributed by atoms with Crippen LogP contribution in [0.5, 0.6) is 0 Å². The summed E-state index contributed by atoms with van der Waals surface area (Å²) in [5.74, 6) is -0.150. The number of aliphatic hydroxyl groups is 1. The van der Waals surface area contributed by atoms with Gasteiger partial charge >= 0.3 is 5.97 Å². The summed E-state index contributed by atoms with van der Waals surface area (Å²) in [4.78, 5) is 11.2. The molecule has 0 aromatic rings. The highest BCUT2D eigenvalue weighted by atomic mass is 16.5. The standard InChI is InChI=1S/C10H16O3/c1-3-5-9(11)7-6-8(7)10(12)13-4-2/h3,7-9,11H,1,4-6H2,2H3/t7-,8-,9?/m1/s1. The summed E-state index contributed by atoms with van der Waals surface area (Å²) in [5, 5.41) is 9.50. The van der Waals surface area contributed by atoms with E-state index in [2.05, 4.69) is 6.58 Å². The molecule has 1 rings (SSSR count). The summed E-state index contributed by atoms with van der Waals surface area (Å²) in [6.45, 7) is 5.74. The van der Waals surface area contributed by atoms with E-state index >= 15 is 0 Å². The minimum Gasteiger partial charge on any atom is -0.466 e. The highest BCUT2D eigenvalue weighted by Gasteiger charge is 2.47. The van der Waals surface area contributed by atoms with E-state index in [1.165, 1.54) is 0 Å². The highest BCUT2D eigenvalue weighted by Crippen LogP contribution is 2.43. The minimum atomic E-state index is -0.424. The van der Waals surface area contributed by atoms with Crippen molar-refractivity contribution in [2.24, 2.45) is 11.8 Å². The molecule has 0 aromatic carbocycles. The molecule has 13 heavy (non-hydrogen) atoms. The molecular weight excluding hydrogens is 168 g/mol. The number of ether oxygens (including phenoxy) is 1. The molecule has 1 saturated carbocycles. The molecule has 0 heterocycles. The summed E-state index contributed by atoms with van der Waals surface area (Å²) in [6, 6.07) is 0. The molecule has 0 bridgehead atoms. The lowest BCUT2D eigenvalue weighted by Gasteiger charge is -2.06. The van der Waals surface area contributed by atoms with Crippen LogP contribution in [-0.2, 0) is 9.53 Å². The maximum atomic E-state index is 11.2. The smallest absolute Gasteiger partial charge is 0.309 e. The van der Waals surface area contributed by atoms with Crippen LogP contribution in [-0.4, -0.2) is 23.8 Å². The van der Waals surface area contributed by atoms with Crippen LogP contribution in [0.15, 0.2) is 12.7 Å². The Kier molecular flexibility index (Phi) is 3.48. The van der Waals surface area contributed by atoms with E-state index in [1.807, 2.05) is 0 Å². The van der Waals surface area contributed by atoms with Crippen molar-refractivity contribution in [3.63, 3.8) is 0 Å². The fraction of sp³-hybridized carbons (Fsp3) is 0.700. The van der Waals surface area contributed by atoms with Crippen LogP contribution >= 0.6 is 0 Å². The summed E-state index contributed by atoms with van der Waals surface area (Å²) in [6.07, 6.45) is 2.56. The number of aliphatic hydroxyl groups excluding tert-OH is 1. The van der Waals surface area contributed by atoms with Gasteiger partial charge in [-0.1, -0.05) is 6.08 Å².